The van der Waals surface area contributed by atoms with Crippen molar-refractivity contribution in [3.63, 3.8) is 0 Å². The van der Waals surface area contributed by atoms with Gasteiger partial charge in [-0.2, -0.15) is 5.11 Å². The van der Waals surface area contributed by atoms with Crippen LogP contribution in [0, 0.1) is 0 Å². The van der Waals surface area contributed by atoms with Gasteiger partial charge in [0.25, 0.3) is 11.8 Å². The molecule has 6 nitrogen and oxygen atoms in total. The molecule has 2 aliphatic rings. The molecule has 0 spiro atoms. The Morgan fingerprint density at radius 3 is 2.38 bits per heavy atom. The smallest absolute Gasteiger partial charge is 0.263 e. The first-order valence-electron chi connectivity index (χ1n) is 7.50. The second-order valence-corrected chi connectivity index (χ2v) is 6.10. The molecule has 2 aromatic carbocycles. The predicted octanol–water partition coefficient (Wildman–Crippen LogP) is 2.83. The van der Waals surface area contributed by atoms with E-state index < -0.39 is 12.1 Å². The number of nitrogens with zero attached hydrogens (tertiary/aromatic N) is 4. The van der Waals surface area contributed by atoms with E-state index in [1.807, 2.05) is 18.2 Å². The van der Waals surface area contributed by atoms with Crippen LogP contribution in [0.5, 0.6) is 0 Å². The number of halogens is 1. The molecule has 0 unspecified atom stereocenters. The third kappa shape index (κ3) is 2.35. The summed E-state index contributed by atoms with van der Waals surface area (Å²) in [6, 6.07) is 14.7. The van der Waals surface area contributed by atoms with Crippen LogP contribution >= 0.6 is 11.6 Å². The van der Waals surface area contributed by atoms with Crippen molar-refractivity contribution in [2.45, 2.75) is 18.6 Å². The molecule has 0 bridgehead atoms. The summed E-state index contributed by atoms with van der Waals surface area (Å²) < 4.78 is 0. The Balaban J connectivity index is 1.59. The number of rotatable bonds is 3. The number of anilines is 1. The molecule has 1 fully saturated rings. The molecule has 120 valence electrons. The lowest BCUT2D eigenvalue weighted by Crippen LogP contribution is -2.39. The summed E-state index contributed by atoms with van der Waals surface area (Å²) in [5.41, 5.74) is 1.50. The molecule has 0 aromatic heterocycles. The fourth-order valence-corrected chi connectivity index (χ4v) is 3.09. The minimum atomic E-state index is -0.773. The van der Waals surface area contributed by atoms with Crippen molar-refractivity contribution in [3.05, 3.63) is 65.2 Å². The molecular weight excluding hydrogens is 328 g/mol. The van der Waals surface area contributed by atoms with E-state index in [-0.39, 0.29) is 11.8 Å². The van der Waals surface area contributed by atoms with Crippen LogP contribution < -0.4 is 4.90 Å². The molecule has 0 aliphatic carbocycles. The van der Waals surface area contributed by atoms with Crippen LogP contribution in [0.1, 0.15) is 5.56 Å². The number of carbonyl (C=O) groups is 2. The van der Waals surface area contributed by atoms with E-state index in [0.717, 1.165) is 5.56 Å². The fraction of sp³-hybridized carbons (Fsp3) is 0.176. The number of hydrogen-bond donors (Lipinski definition) is 0. The monoisotopic (exact) mass is 340 g/mol. The third-order valence-electron chi connectivity index (χ3n) is 4.13. The number of amides is 2. The first-order valence-corrected chi connectivity index (χ1v) is 7.87. The zero-order chi connectivity index (χ0) is 16.7. The van der Waals surface area contributed by atoms with E-state index in [1.54, 1.807) is 41.4 Å². The Hall–Kier alpha value is -2.73. The number of fused-ring (bicyclic) bond motifs is 1. The van der Waals surface area contributed by atoms with Gasteiger partial charge in [0.1, 0.15) is 0 Å². The van der Waals surface area contributed by atoms with Gasteiger partial charge in [0.05, 0.1) is 12.2 Å². The van der Waals surface area contributed by atoms with Crippen molar-refractivity contribution in [1.29, 1.82) is 0 Å². The number of imide groups is 1. The van der Waals surface area contributed by atoms with Gasteiger partial charge in [-0.3, -0.25) is 14.6 Å². The first kappa shape index (κ1) is 14.8. The molecule has 2 aromatic rings. The van der Waals surface area contributed by atoms with Crippen molar-refractivity contribution in [2.75, 3.05) is 4.90 Å². The van der Waals surface area contributed by atoms with Crippen LogP contribution in [-0.2, 0) is 16.1 Å². The molecule has 2 aliphatic heterocycles. The van der Waals surface area contributed by atoms with Gasteiger partial charge in [-0.1, -0.05) is 47.2 Å². The molecule has 24 heavy (non-hydrogen) atoms. The van der Waals surface area contributed by atoms with Crippen LogP contribution in [0.3, 0.4) is 0 Å². The molecule has 7 heteroatoms. The largest absolute Gasteiger partial charge is 0.271 e. The van der Waals surface area contributed by atoms with E-state index in [0.29, 0.717) is 17.3 Å². The van der Waals surface area contributed by atoms with Crippen LogP contribution in [-0.4, -0.2) is 28.9 Å². The molecule has 0 N–H and O–H groups in total. The van der Waals surface area contributed by atoms with E-state index >= 15 is 0 Å². The number of carbonyl (C=O) groups excluding carboxylic acids is 2. The minimum Gasteiger partial charge on any atom is -0.271 e. The summed E-state index contributed by atoms with van der Waals surface area (Å²) in [5.74, 6) is -0.631. The van der Waals surface area contributed by atoms with Crippen molar-refractivity contribution in [3.8, 4) is 0 Å². The lowest BCUT2D eigenvalue weighted by atomic mass is 10.1. The predicted molar refractivity (Wildman–Crippen MR) is 88.4 cm³/mol. The fourth-order valence-electron chi connectivity index (χ4n) is 2.96. The van der Waals surface area contributed by atoms with Crippen molar-refractivity contribution in [1.82, 2.24) is 5.01 Å². The summed E-state index contributed by atoms with van der Waals surface area (Å²) in [5, 5.41) is 10.2. The van der Waals surface area contributed by atoms with E-state index in [1.165, 1.54) is 4.90 Å². The highest BCUT2D eigenvalue weighted by Crippen LogP contribution is 2.32. The zero-order valence-corrected chi connectivity index (χ0v) is 13.3. The van der Waals surface area contributed by atoms with Crippen LogP contribution in [0.4, 0.5) is 5.69 Å². The number of benzene rings is 2. The third-order valence-corrected chi connectivity index (χ3v) is 4.38. The number of hydrogen-bond acceptors (Lipinski definition) is 5. The number of para-hydroxylation sites is 1. The van der Waals surface area contributed by atoms with Gasteiger partial charge in [0.2, 0.25) is 0 Å². The molecule has 0 radical (unpaired) electrons. The van der Waals surface area contributed by atoms with E-state index in [4.69, 9.17) is 11.6 Å². The Kier molecular flexibility index (Phi) is 3.54. The molecule has 4 rings (SSSR count). The maximum atomic E-state index is 12.8. The Bertz CT molecular complexity index is 822. The zero-order valence-electron chi connectivity index (χ0n) is 12.5. The minimum absolute atomic E-state index is 0.296. The van der Waals surface area contributed by atoms with E-state index in [9.17, 15) is 9.59 Å². The Labute approximate surface area is 143 Å². The second kappa shape index (κ2) is 5.72. The standard InChI is InChI=1S/C17H13ClN4O2/c18-12-8-6-11(7-9-12)10-21-15-14(19-20-21)16(23)22(17(15)24)13-4-2-1-3-5-13/h1-9,14-15H,10H2/t14-,15+/m1/s1. The molecule has 2 atom stereocenters. The van der Waals surface area contributed by atoms with Crippen LogP contribution in [0.2, 0.25) is 5.02 Å². The van der Waals surface area contributed by atoms with Gasteiger partial charge < -0.3 is 0 Å². The van der Waals surface area contributed by atoms with Gasteiger partial charge in [-0.25, -0.2) is 4.90 Å². The van der Waals surface area contributed by atoms with Crippen molar-refractivity contribution < 1.29 is 9.59 Å². The summed E-state index contributed by atoms with van der Waals surface area (Å²) in [4.78, 5) is 26.5. The lowest BCUT2D eigenvalue weighted by molar-refractivity contribution is -0.123. The summed E-state index contributed by atoms with van der Waals surface area (Å²) >= 11 is 5.89. The quantitative estimate of drug-likeness (QED) is 0.807. The van der Waals surface area contributed by atoms with Crippen LogP contribution in [0.25, 0.3) is 0 Å². The average Bonchev–Trinajstić information content (AvgIpc) is 3.11. The maximum Gasteiger partial charge on any atom is 0.263 e. The van der Waals surface area contributed by atoms with Gasteiger partial charge >= 0.3 is 0 Å². The Morgan fingerprint density at radius 1 is 0.958 bits per heavy atom. The summed E-state index contributed by atoms with van der Waals surface area (Å²) in [7, 11) is 0. The van der Waals surface area contributed by atoms with Crippen LogP contribution in [0.15, 0.2) is 64.9 Å². The van der Waals surface area contributed by atoms with Gasteiger partial charge in [-0.05, 0) is 29.8 Å². The van der Waals surface area contributed by atoms with E-state index in [2.05, 4.69) is 10.3 Å². The van der Waals surface area contributed by atoms with Gasteiger partial charge in [0, 0.05) is 5.02 Å². The Morgan fingerprint density at radius 2 is 1.67 bits per heavy atom. The SMILES string of the molecule is O=C1[C@@H]2[C@@H](N=NN2Cc2ccc(Cl)cc2)C(=O)N1c1ccccc1. The average molecular weight is 341 g/mol. The summed E-state index contributed by atoms with van der Waals surface area (Å²) in [6.45, 7) is 0.392. The topological polar surface area (TPSA) is 65.3 Å². The highest BCUT2D eigenvalue weighted by atomic mass is 35.5. The van der Waals surface area contributed by atoms with Crippen molar-refractivity contribution >= 4 is 29.1 Å². The highest BCUT2D eigenvalue weighted by molar-refractivity contribution is 6.30. The maximum absolute atomic E-state index is 12.8. The molecule has 2 amide bonds. The molecule has 0 saturated carbocycles. The molecule has 2 heterocycles. The molecule has 1 saturated heterocycles. The van der Waals surface area contributed by atoms with Gasteiger partial charge in [-0.15, -0.1) is 0 Å². The highest BCUT2D eigenvalue weighted by Gasteiger charge is 2.54. The van der Waals surface area contributed by atoms with Crippen molar-refractivity contribution in [2.24, 2.45) is 10.3 Å². The van der Waals surface area contributed by atoms with Gasteiger partial charge in [0.15, 0.2) is 12.1 Å². The first-order chi connectivity index (χ1) is 11.6. The molecular formula is C17H13ClN4O2. The second-order valence-electron chi connectivity index (χ2n) is 5.67. The lowest BCUT2D eigenvalue weighted by Gasteiger charge is -2.20. The summed E-state index contributed by atoms with van der Waals surface area (Å²) in [6.07, 6.45) is 0. The normalized spacial score (nSPS) is 22.4.